The molecule has 0 heterocycles. The Hall–Kier alpha value is -1.57. The zero-order chi connectivity index (χ0) is 12.1. The highest BCUT2D eigenvalue weighted by molar-refractivity contribution is 6.01. The van der Waals surface area contributed by atoms with Gasteiger partial charge in [-0.1, -0.05) is 49.3 Å². The molecule has 0 spiro atoms. The van der Waals surface area contributed by atoms with Crippen LogP contribution >= 0.6 is 0 Å². The Balaban J connectivity index is 2.91. The van der Waals surface area contributed by atoms with E-state index >= 15 is 0 Å². The highest BCUT2D eigenvalue weighted by Gasteiger charge is 1.99. The first kappa shape index (κ1) is 12.5. The minimum Gasteiger partial charge on any atom is -0.411 e. The summed E-state index contributed by atoms with van der Waals surface area (Å²) in [5.41, 5.74) is 4.08. The smallest absolute Gasteiger partial charge is 0.0794 e. The lowest BCUT2D eigenvalue weighted by Crippen LogP contribution is -1.93. The molecule has 0 atom stereocenters. The number of benzene rings is 1. The number of rotatable bonds is 3. The van der Waals surface area contributed by atoms with E-state index < -0.39 is 0 Å². The van der Waals surface area contributed by atoms with Gasteiger partial charge in [0, 0.05) is 0 Å². The zero-order valence-corrected chi connectivity index (χ0v) is 10.4. The van der Waals surface area contributed by atoms with E-state index in [1.807, 2.05) is 13.0 Å². The van der Waals surface area contributed by atoms with Crippen molar-refractivity contribution < 1.29 is 5.21 Å². The summed E-state index contributed by atoms with van der Waals surface area (Å²) in [5, 5.41) is 11.8. The second-order valence-electron chi connectivity index (χ2n) is 4.33. The van der Waals surface area contributed by atoms with Crippen LogP contribution in [-0.4, -0.2) is 10.9 Å². The van der Waals surface area contributed by atoms with Crippen LogP contribution in [0.4, 0.5) is 0 Å². The Morgan fingerprint density at radius 3 is 2.19 bits per heavy atom. The maximum Gasteiger partial charge on any atom is 0.0794 e. The fourth-order valence-corrected chi connectivity index (χ4v) is 1.41. The summed E-state index contributed by atoms with van der Waals surface area (Å²) in [7, 11) is 0. The third-order valence-electron chi connectivity index (χ3n) is 2.71. The molecule has 1 rings (SSSR count). The molecule has 0 aliphatic heterocycles. The minimum absolute atomic E-state index is 0.555. The zero-order valence-electron chi connectivity index (χ0n) is 10.4. The monoisotopic (exact) mass is 217 g/mol. The van der Waals surface area contributed by atoms with Crippen LogP contribution < -0.4 is 0 Å². The summed E-state index contributed by atoms with van der Waals surface area (Å²) in [6.45, 7) is 8.08. The van der Waals surface area contributed by atoms with Gasteiger partial charge in [0.1, 0.15) is 0 Å². The van der Waals surface area contributed by atoms with Crippen molar-refractivity contribution in [1.29, 1.82) is 0 Å². The second kappa shape index (κ2) is 5.50. The van der Waals surface area contributed by atoms with E-state index in [-0.39, 0.29) is 0 Å². The van der Waals surface area contributed by atoms with Gasteiger partial charge in [0.05, 0.1) is 5.71 Å². The number of nitrogens with zero attached hydrogens (tertiary/aromatic N) is 1. The average molecular weight is 217 g/mol. The van der Waals surface area contributed by atoms with Gasteiger partial charge >= 0.3 is 0 Å². The van der Waals surface area contributed by atoms with Crippen molar-refractivity contribution in [3.05, 3.63) is 41.0 Å². The van der Waals surface area contributed by atoms with Gasteiger partial charge in [-0.15, -0.1) is 0 Å². The van der Waals surface area contributed by atoms with Crippen LogP contribution in [0.25, 0.3) is 6.08 Å². The Labute approximate surface area is 97.3 Å². The molecule has 1 N–H and O–H groups in total. The lowest BCUT2D eigenvalue weighted by molar-refractivity contribution is 0.319. The first-order valence-electron chi connectivity index (χ1n) is 5.52. The Bertz CT molecular complexity index is 399. The lowest BCUT2D eigenvalue weighted by Gasteiger charge is -2.05. The summed E-state index contributed by atoms with van der Waals surface area (Å²) >= 11 is 0. The molecule has 2 heteroatoms. The van der Waals surface area contributed by atoms with E-state index in [0.717, 1.165) is 11.1 Å². The number of allylic oxidation sites excluding steroid dienone is 1. The van der Waals surface area contributed by atoms with Gasteiger partial charge in [0.25, 0.3) is 0 Å². The largest absolute Gasteiger partial charge is 0.411 e. The van der Waals surface area contributed by atoms with E-state index in [9.17, 15) is 0 Å². The molecule has 2 nitrogen and oxygen atoms in total. The maximum atomic E-state index is 8.65. The summed E-state index contributed by atoms with van der Waals surface area (Å²) < 4.78 is 0. The topological polar surface area (TPSA) is 32.6 Å². The van der Waals surface area contributed by atoms with Crippen molar-refractivity contribution in [2.24, 2.45) is 5.16 Å². The molecule has 0 saturated carbocycles. The van der Waals surface area contributed by atoms with Crippen molar-refractivity contribution in [1.82, 2.24) is 0 Å². The van der Waals surface area contributed by atoms with Gasteiger partial charge in [-0.05, 0) is 36.5 Å². The highest BCUT2D eigenvalue weighted by atomic mass is 16.4. The number of hydrogen-bond donors (Lipinski definition) is 1. The fraction of sp³-hybridized carbons (Fsp3) is 0.357. The molecule has 1 aromatic carbocycles. The van der Waals surface area contributed by atoms with Crippen LogP contribution in [0, 0.1) is 0 Å². The van der Waals surface area contributed by atoms with Crippen molar-refractivity contribution in [3.8, 4) is 0 Å². The summed E-state index contributed by atoms with van der Waals surface area (Å²) in [5.74, 6) is 0.555. The third kappa shape index (κ3) is 3.23. The van der Waals surface area contributed by atoms with E-state index in [0.29, 0.717) is 11.6 Å². The number of hydrogen-bond acceptors (Lipinski definition) is 2. The molecule has 0 aliphatic rings. The molecule has 0 aliphatic carbocycles. The molecule has 0 aromatic heterocycles. The van der Waals surface area contributed by atoms with Gasteiger partial charge in [-0.3, -0.25) is 0 Å². The minimum atomic E-state index is 0.555. The predicted octanol–water partition coefficient (Wildman–Crippen LogP) is 4.06. The first-order valence-corrected chi connectivity index (χ1v) is 5.52. The van der Waals surface area contributed by atoms with Crippen LogP contribution in [0.3, 0.4) is 0 Å². The van der Waals surface area contributed by atoms with Gasteiger partial charge in [0.2, 0.25) is 0 Å². The maximum absolute atomic E-state index is 8.65. The lowest BCUT2D eigenvalue weighted by atomic mass is 10.0. The molecule has 0 amide bonds. The molecular formula is C14H19NO. The first-order chi connectivity index (χ1) is 7.54. The molecule has 0 bridgehead atoms. The molecule has 0 saturated heterocycles. The highest BCUT2D eigenvalue weighted by Crippen LogP contribution is 2.16. The van der Waals surface area contributed by atoms with E-state index in [2.05, 4.69) is 43.3 Å². The second-order valence-corrected chi connectivity index (χ2v) is 4.33. The standard InChI is InChI=1S/C14H19NO/c1-10(2)14-7-5-13(6-8-14)9-11(3)12(4)15-16/h5-10,16H,1-4H3/b11-9-,15-12+. The Morgan fingerprint density at radius 2 is 1.75 bits per heavy atom. The average Bonchev–Trinajstić information content (AvgIpc) is 2.28. The number of oxime groups is 1. The quantitative estimate of drug-likeness (QED) is 0.462. The van der Waals surface area contributed by atoms with E-state index in [1.54, 1.807) is 6.92 Å². The van der Waals surface area contributed by atoms with Gasteiger partial charge in [0.15, 0.2) is 0 Å². The molecule has 86 valence electrons. The summed E-state index contributed by atoms with van der Waals surface area (Å²) in [4.78, 5) is 0. The fourth-order valence-electron chi connectivity index (χ4n) is 1.41. The predicted molar refractivity (Wildman–Crippen MR) is 69.1 cm³/mol. The van der Waals surface area contributed by atoms with Crippen LogP contribution in [0.2, 0.25) is 0 Å². The van der Waals surface area contributed by atoms with Crippen LogP contribution in [0.5, 0.6) is 0 Å². The molecule has 0 radical (unpaired) electrons. The van der Waals surface area contributed by atoms with Gasteiger partial charge in [-0.2, -0.15) is 0 Å². The van der Waals surface area contributed by atoms with Gasteiger partial charge in [-0.25, -0.2) is 0 Å². The molecule has 1 aromatic rings. The Kier molecular flexibility index (Phi) is 4.29. The molecule has 0 fully saturated rings. The van der Waals surface area contributed by atoms with Crippen molar-refractivity contribution in [2.75, 3.05) is 0 Å². The Morgan fingerprint density at radius 1 is 1.19 bits per heavy atom. The van der Waals surface area contributed by atoms with Crippen molar-refractivity contribution >= 4 is 11.8 Å². The van der Waals surface area contributed by atoms with Crippen LogP contribution in [-0.2, 0) is 0 Å². The van der Waals surface area contributed by atoms with Gasteiger partial charge < -0.3 is 5.21 Å². The van der Waals surface area contributed by atoms with Crippen molar-refractivity contribution in [2.45, 2.75) is 33.6 Å². The van der Waals surface area contributed by atoms with Crippen LogP contribution in [0.15, 0.2) is 35.0 Å². The summed E-state index contributed by atoms with van der Waals surface area (Å²) in [6, 6.07) is 8.44. The third-order valence-corrected chi connectivity index (χ3v) is 2.71. The SMILES string of the molecule is CC(=C/c1ccc(C(C)C)cc1)/C(C)=N/O. The van der Waals surface area contributed by atoms with Crippen LogP contribution in [0.1, 0.15) is 44.7 Å². The van der Waals surface area contributed by atoms with Crippen molar-refractivity contribution in [3.63, 3.8) is 0 Å². The normalized spacial score (nSPS) is 13.3. The van der Waals surface area contributed by atoms with E-state index in [1.165, 1.54) is 5.56 Å². The molecular weight excluding hydrogens is 198 g/mol. The molecule has 0 unspecified atom stereocenters. The summed E-state index contributed by atoms with van der Waals surface area (Å²) in [6.07, 6.45) is 2.01. The molecule has 16 heavy (non-hydrogen) atoms. The van der Waals surface area contributed by atoms with E-state index in [4.69, 9.17) is 5.21 Å².